The quantitative estimate of drug-likeness (QED) is 0.768. The van der Waals surface area contributed by atoms with Crippen LogP contribution in [-0.4, -0.2) is 55.9 Å². The largest absolute Gasteiger partial charge is 0.493 e. The van der Waals surface area contributed by atoms with E-state index in [9.17, 15) is 5.11 Å². The first-order valence-corrected chi connectivity index (χ1v) is 8.65. The standard InChI is InChI=1S/C16H25BrN2O3/c1-3-21-15-10-16(22-4-2)13(17)9-12(15)14(20)11-19-7-5-18-6-8-19/h9-10,14,18,20H,3-8,11H2,1-2H3. The fourth-order valence-electron chi connectivity index (χ4n) is 2.59. The first-order chi connectivity index (χ1) is 10.7. The Morgan fingerprint density at radius 1 is 1.18 bits per heavy atom. The van der Waals surface area contributed by atoms with Crippen LogP contribution in [0.5, 0.6) is 11.5 Å². The van der Waals surface area contributed by atoms with Crippen LogP contribution in [-0.2, 0) is 0 Å². The average Bonchev–Trinajstić information content (AvgIpc) is 2.51. The van der Waals surface area contributed by atoms with Gasteiger partial charge >= 0.3 is 0 Å². The Bertz CT molecular complexity index is 479. The van der Waals surface area contributed by atoms with E-state index in [4.69, 9.17) is 9.47 Å². The third kappa shape index (κ3) is 4.59. The molecule has 0 bridgehead atoms. The van der Waals surface area contributed by atoms with Crippen molar-refractivity contribution in [2.75, 3.05) is 45.9 Å². The van der Waals surface area contributed by atoms with Crippen LogP contribution >= 0.6 is 15.9 Å². The van der Waals surface area contributed by atoms with Crippen LogP contribution in [0.4, 0.5) is 0 Å². The van der Waals surface area contributed by atoms with Crippen LogP contribution in [0.3, 0.4) is 0 Å². The number of rotatable bonds is 7. The molecule has 1 aliphatic heterocycles. The molecule has 1 heterocycles. The number of hydrogen-bond donors (Lipinski definition) is 2. The minimum absolute atomic E-state index is 0.556. The maximum absolute atomic E-state index is 10.6. The van der Waals surface area contributed by atoms with Crippen LogP contribution < -0.4 is 14.8 Å². The predicted molar refractivity (Wildman–Crippen MR) is 90.7 cm³/mol. The maximum atomic E-state index is 10.6. The van der Waals surface area contributed by atoms with E-state index in [0.29, 0.717) is 25.5 Å². The number of benzene rings is 1. The van der Waals surface area contributed by atoms with Crippen molar-refractivity contribution in [2.45, 2.75) is 20.0 Å². The van der Waals surface area contributed by atoms with Gasteiger partial charge in [-0.1, -0.05) is 0 Å². The van der Waals surface area contributed by atoms with Gasteiger partial charge in [0, 0.05) is 44.4 Å². The van der Waals surface area contributed by atoms with Crippen LogP contribution in [0.2, 0.25) is 0 Å². The normalized spacial score (nSPS) is 17.3. The highest BCUT2D eigenvalue weighted by atomic mass is 79.9. The molecule has 0 aromatic heterocycles. The number of nitrogens with zero attached hydrogens (tertiary/aromatic N) is 1. The number of hydrogen-bond acceptors (Lipinski definition) is 5. The van der Waals surface area contributed by atoms with E-state index < -0.39 is 6.10 Å². The Hall–Kier alpha value is -0.820. The van der Waals surface area contributed by atoms with Crippen LogP contribution in [0.25, 0.3) is 0 Å². The molecular formula is C16H25BrN2O3. The number of aliphatic hydroxyl groups is 1. The lowest BCUT2D eigenvalue weighted by Gasteiger charge is -2.29. The van der Waals surface area contributed by atoms with Gasteiger partial charge < -0.3 is 19.9 Å². The number of piperazine rings is 1. The van der Waals surface area contributed by atoms with Gasteiger partial charge in [-0.25, -0.2) is 0 Å². The molecule has 2 rings (SSSR count). The van der Waals surface area contributed by atoms with E-state index in [1.807, 2.05) is 26.0 Å². The minimum Gasteiger partial charge on any atom is -0.493 e. The van der Waals surface area contributed by atoms with Crippen molar-refractivity contribution in [2.24, 2.45) is 0 Å². The highest BCUT2D eigenvalue weighted by Gasteiger charge is 2.21. The molecule has 1 aromatic rings. The fraction of sp³-hybridized carbons (Fsp3) is 0.625. The molecular weight excluding hydrogens is 348 g/mol. The Morgan fingerprint density at radius 3 is 2.45 bits per heavy atom. The zero-order valence-corrected chi connectivity index (χ0v) is 14.9. The number of halogens is 1. The summed E-state index contributed by atoms with van der Waals surface area (Å²) in [6.45, 7) is 9.50. The molecule has 0 amide bonds. The molecule has 124 valence electrons. The van der Waals surface area contributed by atoms with Gasteiger partial charge in [0.15, 0.2) is 0 Å². The van der Waals surface area contributed by atoms with E-state index in [0.717, 1.165) is 42.0 Å². The molecule has 6 heteroatoms. The fourth-order valence-corrected chi connectivity index (χ4v) is 3.07. The summed E-state index contributed by atoms with van der Waals surface area (Å²) in [5.74, 6) is 1.43. The molecule has 1 aromatic carbocycles. The number of aliphatic hydroxyl groups excluding tert-OH is 1. The number of β-amino-alcohol motifs (C(OH)–C–C–N with tert-alkyl or cyclic N) is 1. The van der Waals surface area contributed by atoms with Gasteiger partial charge in [-0.05, 0) is 35.8 Å². The third-order valence-corrected chi connectivity index (χ3v) is 4.28. The van der Waals surface area contributed by atoms with Crippen molar-refractivity contribution in [1.82, 2.24) is 10.2 Å². The SMILES string of the molecule is CCOc1cc(OCC)c(C(O)CN2CCNCC2)cc1Br. The minimum atomic E-state index is -0.577. The van der Waals surface area contributed by atoms with Crippen molar-refractivity contribution in [3.05, 3.63) is 22.2 Å². The first kappa shape index (κ1) is 17.5. The molecule has 1 saturated heterocycles. The lowest BCUT2D eigenvalue weighted by Crippen LogP contribution is -2.45. The van der Waals surface area contributed by atoms with Gasteiger partial charge in [0.05, 0.1) is 23.8 Å². The molecule has 1 fully saturated rings. The second-order valence-electron chi connectivity index (χ2n) is 5.25. The zero-order valence-electron chi connectivity index (χ0n) is 13.3. The van der Waals surface area contributed by atoms with E-state index in [2.05, 4.69) is 26.1 Å². The number of nitrogens with one attached hydrogen (secondary N) is 1. The predicted octanol–water partition coefficient (Wildman–Crippen LogP) is 2.19. The summed E-state index contributed by atoms with van der Waals surface area (Å²) in [6, 6.07) is 3.76. The Morgan fingerprint density at radius 2 is 1.82 bits per heavy atom. The van der Waals surface area contributed by atoms with Gasteiger partial charge in [0.2, 0.25) is 0 Å². The summed E-state index contributed by atoms with van der Waals surface area (Å²) in [7, 11) is 0. The van der Waals surface area contributed by atoms with Crippen LogP contribution in [0, 0.1) is 0 Å². The van der Waals surface area contributed by atoms with E-state index in [1.165, 1.54) is 0 Å². The molecule has 5 nitrogen and oxygen atoms in total. The molecule has 2 N–H and O–H groups in total. The smallest absolute Gasteiger partial charge is 0.137 e. The van der Waals surface area contributed by atoms with Gasteiger partial charge in [-0.15, -0.1) is 0 Å². The van der Waals surface area contributed by atoms with E-state index in [-0.39, 0.29) is 0 Å². The highest BCUT2D eigenvalue weighted by molar-refractivity contribution is 9.10. The molecule has 0 spiro atoms. The molecule has 0 aliphatic carbocycles. The monoisotopic (exact) mass is 372 g/mol. The van der Waals surface area contributed by atoms with Gasteiger partial charge in [-0.2, -0.15) is 0 Å². The third-order valence-electron chi connectivity index (χ3n) is 3.66. The van der Waals surface area contributed by atoms with Gasteiger partial charge in [-0.3, -0.25) is 4.90 Å². The Balaban J connectivity index is 2.17. The van der Waals surface area contributed by atoms with Crippen molar-refractivity contribution in [3.8, 4) is 11.5 Å². The Labute approximate surface area is 140 Å². The van der Waals surface area contributed by atoms with E-state index in [1.54, 1.807) is 0 Å². The highest BCUT2D eigenvalue weighted by Crippen LogP contribution is 2.36. The molecule has 0 radical (unpaired) electrons. The zero-order chi connectivity index (χ0) is 15.9. The first-order valence-electron chi connectivity index (χ1n) is 7.85. The second-order valence-corrected chi connectivity index (χ2v) is 6.11. The second kappa shape index (κ2) is 8.72. The van der Waals surface area contributed by atoms with Crippen molar-refractivity contribution < 1.29 is 14.6 Å². The van der Waals surface area contributed by atoms with Crippen LogP contribution in [0.1, 0.15) is 25.5 Å². The topological polar surface area (TPSA) is 54.0 Å². The summed E-state index contributed by atoms with van der Waals surface area (Å²) >= 11 is 3.51. The molecule has 0 saturated carbocycles. The van der Waals surface area contributed by atoms with E-state index >= 15 is 0 Å². The molecule has 1 unspecified atom stereocenters. The Kier molecular flexibility index (Phi) is 6.95. The molecule has 1 aliphatic rings. The van der Waals surface area contributed by atoms with Gasteiger partial charge in [0.25, 0.3) is 0 Å². The summed E-state index contributed by atoms with van der Waals surface area (Å²) in [5.41, 5.74) is 0.802. The number of ether oxygens (including phenoxy) is 2. The molecule has 1 atom stereocenters. The lowest BCUT2D eigenvalue weighted by atomic mass is 10.1. The van der Waals surface area contributed by atoms with Crippen molar-refractivity contribution >= 4 is 15.9 Å². The summed E-state index contributed by atoms with van der Waals surface area (Å²) in [4.78, 5) is 2.27. The van der Waals surface area contributed by atoms with Crippen molar-refractivity contribution in [1.29, 1.82) is 0 Å². The maximum Gasteiger partial charge on any atom is 0.137 e. The lowest BCUT2D eigenvalue weighted by molar-refractivity contribution is 0.103. The summed E-state index contributed by atoms with van der Waals surface area (Å²) in [6.07, 6.45) is -0.577. The van der Waals surface area contributed by atoms with Crippen LogP contribution in [0.15, 0.2) is 16.6 Å². The summed E-state index contributed by atoms with van der Waals surface area (Å²) < 4.78 is 12.1. The van der Waals surface area contributed by atoms with Gasteiger partial charge in [0.1, 0.15) is 11.5 Å². The van der Waals surface area contributed by atoms with Crippen molar-refractivity contribution in [3.63, 3.8) is 0 Å². The average molecular weight is 373 g/mol. The molecule has 22 heavy (non-hydrogen) atoms. The summed E-state index contributed by atoms with van der Waals surface area (Å²) in [5, 5.41) is 13.9.